The van der Waals surface area contributed by atoms with Crippen molar-refractivity contribution in [1.82, 2.24) is 4.98 Å². The molecule has 1 aromatic carbocycles. The Balaban J connectivity index is 2.10. The Hall–Kier alpha value is -0.290. The molecular formula is C14H15BrCl2N2S. The Kier molecular flexibility index (Phi) is 5.00. The van der Waals surface area contributed by atoms with Crippen molar-refractivity contribution in [2.75, 3.05) is 5.32 Å². The second kappa shape index (κ2) is 6.22. The minimum absolute atomic E-state index is 0.0767. The van der Waals surface area contributed by atoms with Crippen LogP contribution in [0.4, 0.5) is 5.69 Å². The molecule has 6 heteroatoms. The molecule has 0 amide bonds. The minimum Gasteiger partial charge on any atom is -0.377 e. The summed E-state index contributed by atoms with van der Waals surface area (Å²) in [5.41, 5.74) is 2.00. The van der Waals surface area contributed by atoms with Crippen LogP contribution in [0.3, 0.4) is 0 Å². The number of halogens is 3. The van der Waals surface area contributed by atoms with Crippen molar-refractivity contribution in [2.45, 2.75) is 32.7 Å². The Morgan fingerprint density at radius 3 is 2.55 bits per heavy atom. The highest BCUT2D eigenvalue weighted by Gasteiger charge is 2.17. The maximum atomic E-state index is 6.20. The monoisotopic (exact) mass is 392 g/mol. The van der Waals surface area contributed by atoms with Gasteiger partial charge in [-0.25, -0.2) is 4.98 Å². The van der Waals surface area contributed by atoms with Crippen molar-refractivity contribution >= 4 is 56.2 Å². The van der Waals surface area contributed by atoms with E-state index in [0.717, 1.165) is 20.9 Å². The summed E-state index contributed by atoms with van der Waals surface area (Å²) in [5, 5.41) is 7.45. The van der Waals surface area contributed by atoms with E-state index in [1.165, 1.54) is 0 Å². The van der Waals surface area contributed by atoms with E-state index in [1.54, 1.807) is 11.3 Å². The Morgan fingerprint density at radius 1 is 1.25 bits per heavy atom. The second-order valence-electron chi connectivity index (χ2n) is 5.45. The quantitative estimate of drug-likeness (QED) is 0.635. The van der Waals surface area contributed by atoms with E-state index in [0.29, 0.717) is 16.6 Å². The number of rotatable bonds is 3. The largest absolute Gasteiger partial charge is 0.377 e. The van der Waals surface area contributed by atoms with E-state index in [-0.39, 0.29) is 5.41 Å². The summed E-state index contributed by atoms with van der Waals surface area (Å²) in [4.78, 5) is 4.64. The lowest BCUT2D eigenvalue weighted by molar-refractivity contribution is 0.571. The molecule has 0 aliphatic carbocycles. The normalized spacial score (nSPS) is 11.7. The number of benzene rings is 1. The highest BCUT2D eigenvalue weighted by atomic mass is 79.9. The Bertz CT molecular complexity index is 620. The zero-order valence-electron chi connectivity index (χ0n) is 11.4. The minimum atomic E-state index is 0.0767. The van der Waals surface area contributed by atoms with Crippen LogP contribution in [0.1, 0.15) is 31.5 Å². The topological polar surface area (TPSA) is 24.9 Å². The van der Waals surface area contributed by atoms with Crippen LogP contribution >= 0.6 is 50.5 Å². The van der Waals surface area contributed by atoms with E-state index in [1.807, 2.05) is 12.1 Å². The Labute approximate surface area is 141 Å². The zero-order chi connectivity index (χ0) is 14.9. The van der Waals surface area contributed by atoms with Gasteiger partial charge in [-0.1, -0.05) is 44.0 Å². The third kappa shape index (κ3) is 3.67. The molecule has 0 aliphatic heterocycles. The van der Waals surface area contributed by atoms with Crippen LogP contribution in [-0.2, 0) is 12.0 Å². The molecule has 0 atom stereocenters. The predicted octanol–water partition coefficient (Wildman–Crippen LogP) is 6.12. The fourth-order valence-electron chi connectivity index (χ4n) is 1.57. The van der Waals surface area contributed by atoms with Gasteiger partial charge in [-0.15, -0.1) is 11.3 Å². The first-order valence-electron chi connectivity index (χ1n) is 6.11. The molecule has 0 saturated heterocycles. The Morgan fingerprint density at radius 2 is 1.95 bits per heavy atom. The summed E-state index contributed by atoms with van der Waals surface area (Å²) in [5.74, 6) is 0. The first kappa shape index (κ1) is 16.1. The molecule has 20 heavy (non-hydrogen) atoms. The fourth-order valence-corrected chi connectivity index (χ4v) is 3.37. The van der Waals surface area contributed by atoms with Gasteiger partial charge in [-0.2, -0.15) is 0 Å². The summed E-state index contributed by atoms with van der Waals surface area (Å²) in [6.45, 7) is 7.11. The van der Waals surface area contributed by atoms with Gasteiger partial charge in [0.1, 0.15) is 5.01 Å². The van der Waals surface area contributed by atoms with Crippen molar-refractivity contribution < 1.29 is 0 Å². The maximum absolute atomic E-state index is 6.20. The summed E-state index contributed by atoms with van der Waals surface area (Å²) < 4.78 is 0.791. The van der Waals surface area contributed by atoms with Gasteiger partial charge < -0.3 is 5.32 Å². The molecule has 1 aromatic heterocycles. The van der Waals surface area contributed by atoms with Crippen LogP contribution < -0.4 is 5.32 Å². The van der Waals surface area contributed by atoms with Crippen molar-refractivity contribution in [3.05, 3.63) is 42.7 Å². The number of aromatic nitrogens is 1. The summed E-state index contributed by atoms with van der Waals surface area (Å²) in [6.07, 6.45) is 0. The molecule has 0 unspecified atom stereocenters. The van der Waals surface area contributed by atoms with E-state index >= 15 is 0 Å². The molecule has 1 N–H and O–H groups in total. The molecular weight excluding hydrogens is 379 g/mol. The van der Waals surface area contributed by atoms with Crippen LogP contribution in [0.5, 0.6) is 0 Å². The van der Waals surface area contributed by atoms with Gasteiger partial charge in [0.25, 0.3) is 0 Å². The summed E-state index contributed by atoms with van der Waals surface area (Å²) in [6, 6.07) is 3.77. The van der Waals surface area contributed by atoms with Crippen LogP contribution in [0.2, 0.25) is 10.0 Å². The molecule has 2 aromatic rings. The molecule has 2 nitrogen and oxygen atoms in total. The number of thiazole rings is 1. The number of nitrogens with zero attached hydrogens (tertiary/aromatic N) is 1. The molecule has 0 spiro atoms. The summed E-state index contributed by atoms with van der Waals surface area (Å²) in [7, 11) is 0. The average Bonchev–Trinajstić information content (AvgIpc) is 2.84. The third-order valence-electron chi connectivity index (χ3n) is 2.79. The number of nitrogens with one attached hydrogen (secondary N) is 1. The van der Waals surface area contributed by atoms with Gasteiger partial charge in [-0.05, 0) is 28.1 Å². The molecule has 0 aliphatic rings. The lowest BCUT2D eigenvalue weighted by atomic mass is 9.93. The predicted molar refractivity (Wildman–Crippen MR) is 92.3 cm³/mol. The molecule has 1 heterocycles. The van der Waals surface area contributed by atoms with Gasteiger partial charge >= 0.3 is 0 Å². The standard InChI is InChI=1S/C14H15BrCl2N2S/c1-14(2,3)10-7-20-11(19-10)6-18-9-5-4-8(15)12(16)13(9)17/h4-5,7,18H,6H2,1-3H3. The van der Waals surface area contributed by atoms with Gasteiger partial charge in [0.05, 0.1) is 28.0 Å². The van der Waals surface area contributed by atoms with Gasteiger partial charge in [0.15, 0.2) is 0 Å². The molecule has 0 radical (unpaired) electrons. The van der Waals surface area contributed by atoms with Crippen molar-refractivity contribution in [3.8, 4) is 0 Å². The lowest BCUT2D eigenvalue weighted by Gasteiger charge is -2.14. The highest BCUT2D eigenvalue weighted by Crippen LogP contribution is 2.36. The fraction of sp³-hybridized carbons (Fsp3) is 0.357. The molecule has 0 bridgehead atoms. The van der Waals surface area contributed by atoms with Gasteiger partial charge in [0, 0.05) is 15.3 Å². The SMILES string of the molecule is CC(C)(C)c1csc(CNc2ccc(Br)c(Cl)c2Cl)n1. The van der Waals surface area contributed by atoms with E-state index in [9.17, 15) is 0 Å². The van der Waals surface area contributed by atoms with E-state index in [2.05, 4.69) is 52.4 Å². The number of anilines is 1. The first-order chi connectivity index (χ1) is 9.29. The maximum Gasteiger partial charge on any atom is 0.112 e. The van der Waals surface area contributed by atoms with Crippen molar-refractivity contribution in [3.63, 3.8) is 0 Å². The van der Waals surface area contributed by atoms with Crippen LogP contribution in [0.15, 0.2) is 22.0 Å². The highest BCUT2D eigenvalue weighted by molar-refractivity contribution is 9.10. The molecule has 0 fully saturated rings. The van der Waals surface area contributed by atoms with Gasteiger partial charge in [0.2, 0.25) is 0 Å². The van der Waals surface area contributed by atoms with Crippen LogP contribution in [0.25, 0.3) is 0 Å². The number of hydrogen-bond acceptors (Lipinski definition) is 3. The lowest BCUT2D eigenvalue weighted by Crippen LogP contribution is -2.11. The van der Waals surface area contributed by atoms with E-state index < -0.39 is 0 Å². The average molecular weight is 394 g/mol. The second-order valence-corrected chi connectivity index (χ2v) is 8.01. The van der Waals surface area contributed by atoms with Gasteiger partial charge in [-0.3, -0.25) is 0 Å². The zero-order valence-corrected chi connectivity index (χ0v) is 15.3. The van der Waals surface area contributed by atoms with Crippen LogP contribution in [-0.4, -0.2) is 4.98 Å². The smallest absolute Gasteiger partial charge is 0.112 e. The first-order valence-corrected chi connectivity index (χ1v) is 8.54. The summed E-state index contributed by atoms with van der Waals surface area (Å²) >= 11 is 17.3. The third-order valence-corrected chi connectivity index (χ3v) is 5.41. The van der Waals surface area contributed by atoms with Crippen LogP contribution in [0, 0.1) is 0 Å². The van der Waals surface area contributed by atoms with Crippen molar-refractivity contribution in [2.24, 2.45) is 0 Å². The number of hydrogen-bond donors (Lipinski definition) is 1. The van der Waals surface area contributed by atoms with Crippen molar-refractivity contribution in [1.29, 1.82) is 0 Å². The van der Waals surface area contributed by atoms with E-state index in [4.69, 9.17) is 23.2 Å². The molecule has 2 rings (SSSR count). The molecule has 0 saturated carbocycles. The molecule has 108 valence electrons.